The number of nitrogens with zero attached hydrogens (tertiary/aromatic N) is 1. The summed E-state index contributed by atoms with van der Waals surface area (Å²) in [5.74, 6) is -0.149. The topological polar surface area (TPSA) is 85.4 Å². The van der Waals surface area contributed by atoms with Crippen LogP contribution in [-0.4, -0.2) is 38.3 Å². The van der Waals surface area contributed by atoms with Crippen molar-refractivity contribution in [2.75, 3.05) is 19.0 Å². The van der Waals surface area contributed by atoms with Crippen molar-refractivity contribution < 1.29 is 17.9 Å². The number of hydrogen-bond donors (Lipinski definition) is 1. The SMILES string of the molecule is CCS(=O)(=O)c1ccc(C2(NC(=O)c3cncs3)COC2)cc1. The van der Waals surface area contributed by atoms with Crippen LogP contribution in [0.3, 0.4) is 0 Å². The van der Waals surface area contributed by atoms with Crippen LogP contribution in [0.4, 0.5) is 0 Å². The van der Waals surface area contributed by atoms with Crippen molar-refractivity contribution in [1.82, 2.24) is 10.3 Å². The molecule has 6 nitrogen and oxygen atoms in total. The molecule has 2 heterocycles. The molecule has 1 aliphatic heterocycles. The highest BCUT2D eigenvalue weighted by Gasteiger charge is 2.42. The second-order valence-corrected chi connectivity index (χ2v) is 8.49. The average molecular weight is 352 g/mol. The van der Waals surface area contributed by atoms with Crippen molar-refractivity contribution in [1.29, 1.82) is 0 Å². The van der Waals surface area contributed by atoms with Gasteiger partial charge in [0.25, 0.3) is 5.91 Å². The Labute approximate surface area is 138 Å². The van der Waals surface area contributed by atoms with Crippen LogP contribution in [0.2, 0.25) is 0 Å². The zero-order valence-electron chi connectivity index (χ0n) is 12.5. The van der Waals surface area contributed by atoms with Gasteiger partial charge in [0.1, 0.15) is 10.4 Å². The van der Waals surface area contributed by atoms with Crippen molar-refractivity contribution in [2.45, 2.75) is 17.4 Å². The van der Waals surface area contributed by atoms with E-state index in [-0.39, 0.29) is 16.6 Å². The summed E-state index contributed by atoms with van der Waals surface area (Å²) in [6, 6.07) is 6.62. The number of aromatic nitrogens is 1. The number of sulfone groups is 1. The fourth-order valence-corrected chi connectivity index (χ4v) is 3.77. The smallest absolute Gasteiger partial charge is 0.263 e. The Morgan fingerprint density at radius 3 is 2.52 bits per heavy atom. The average Bonchev–Trinajstić information content (AvgIpc) is 3.05. The van der Waals surface area contributed by atoms with E-state index < -0.39 is 15.4 Å². The van der Waals surface area contributed by atoms with E-state index in [0.29, 0.717) is 18.1 Å². The van der Waals surface area contributed by atoms with Crippen LogP contribution in [-0.2, 0) is 20.1 Å². The van der Waals surface area contributed by atoms with Crippen LogP contribution in [0.25, 0.3) is 0 Å². The molecule has 0 radical (unpaired) electrons. The van der Waals surface area contributed by atoms with Crippen molar-refractivity contribution >= 4 is 27.1 Å². The summed E-state index contributed by atoms with van der Waals surface area (Å²) in [6.45, 7) is 2.33. The number of carbonyl (C=O) groups excluding carboxylic acids is 1. The largest absolute Gasteiger partial charge is 0.376 e. The molecule has 0 unspecified atom stereocenters. The van der Waals surface area contributed by atoms with Crippen LogP contribution in [0.15, 0.2) is 40.9 Å². The summed E-state index contributed by atoms with van der Waals surface area (Å²) >= 11 is 1.27. The van der Waals surface area contributed by atoms with Crippen molar-refractivity contribution in [2.24, 2.45) is 0 Å². The van der Waals surface area contributed by atoms with Gasteiger partial charge in [0.2, 0.25) is 0 Å². The number of thiazole rings is 1. The summed E-state index contributed by atoms with van der Waals surface area (Å²) in [5.41, 5.74) is 1.82. The highest BCUT2D eigenvalue weighted by Crippen LogP contribution is 2.31. The lowest BCUT2D eigenvalue weighted by Crippen LogP contribution is -2.59. The summed E-state index contributed by atoms with van der Waals surface area (Å²) in [4.78, 5) is 17.0. The van der Waals surface area contributed by atoms with E-state index in [1.165, 1.54) is 17.5 Å². The lowest BCUT2D eigenvalue weighted by molar-refractivity contribution is -0.0733. The first-order valence-electron chi connectivity index (χ1n) is 7.09. The Kier molecular flexibility index (Phi) is 4.22. The molecular weight excluding hydrogens is 336 g/mol. The number of benzene rings is 1. The normalized spacial score (nSPS) is 16.6. The molecule has 122 valence electrons. The van der Waals surface area contributed by atoms with Gasteiger partial charge in [0.15, 0.2) is 9.84 Å². The van der Waals surface area contributed by atoms with Crippen LogP contribution in [0, 0.1) is 0 Å². The molecule has 2 aromatic rings. The van der Waals surface area contributed by atoms with E-state index in [2.05, 4.69) is 10.3 Å². The van der Waals surface area contributed by atoms with Crippen LogP contribution in [0.1, 0.15) is 22.2 Å². The summed E-state index contributed by atoms with van der Waals surface area (Å²) in [7, 11) is -3.23. The molecule has 1 N–H and O–H groups in total. The predicted molar refractivity (Wildman–Crippen MR) is 86.2 cm³/mol. The fourth-order valence-electron chi connectivity index (χ4n) is 2.37. The third-order valence-corrected chi connectivity index (χ3v) is 6.37. The Hall–Kier alpha value is -1.77. The Balaban J connectivity index is 1.85. The van der Waals surface area contributed by atoms with Gasteiger partial charge in [-0.25, -0.2) is 8.42 Å². The molecule has 23 heavy (non-hydrogen) atoms. The Morgan fingerprint density at radius 1 is 1.35 bits per heavy atom. The molecule has 8 heteroatoms. The maximum atomic E-state index is 12.3. The number of rotatable bonds is 5. The minimum absolute atomic E-state index is 0.0582. The van der Waals surface area contributed by atoms with Crippen molar-refractivity contribution in [3.05, 3.63) is 46.4 Å². The van der Waals surface area contributed by atoms with Crippen molar-refractivity contribution in [3.8, 4) is 0 Å². The quantitative estimate of drug-likeness (QED) is 0.883. The molecule has 1 amide bonds. The second-order valence-electron chi connectivity index (χ2n) is 5.32. The molecule has 1 saturated heterocycles. The molecule has 1 fully saturated rings. The molecule has 0 spiro atoms. The Morgan fingerprint density at radius 2 is 2.04 bits per heavy atom. The third kappa shape index (κ3) is 3.01. The lowest BCUT2D eigenvalue weighted by Gasteiger charge is -2.42. The third-order valence-electron chi connectivity index (χ3n) is 3.85. The molecular formula is C15H16N2O4S2. The van der Waals surface area contributed by atoms with Gasteiger partial charge in [0, 0.05) is 0 Å². The molecule has 0 aliphatic carbocycles. The molecule has 1 aliphatic rings. The number of nitrogens with one attached hydrogen (secondary N) is 1. The zero-order chi connectivity index (χ0) is 16.5. The minimum Gasteiger partial charge on any atom is -0.376 e. The minimum atomic E-state index is -3.23. The van der Waals surface area contributed by atoms with Crippen LogP contribution < -0.4 is 5.32 Å². The lowest BCUT2D eigenvalue weighted by atomic mass is 9.88. The number of amides is 1. The van der Waals surface area contributed by atoms with Gasteiger partial charge < -0.3 is 10.1 Å². The van der Waals surface area contributed by atoms with Crippen LogP contribution in [0.5, 0.6) is 0 Å². The first-order chi connectivity index (χ1) is 11.0. The van der Waals surface area contributed by atoms with Gasteiger partial charge in [-0.15, -0.1) is 11.3 Å². The monoisotopic (exact) mass is 352 g/mol. The van der Waals surface area contributed by atoms with Gasteiger partial charge >= 0.3 is 0 Å². The highest BCUT2D eigenvalue weighted by molar-refractivity contribution is 7.91. The molecule has 1 aromatic carbocycles. The first kappa shape index (κ1) is 16.1. The summed E-state index contributed by atoms with van der Waals surface area (Å²) in [6.07, 6.45) is 1.52. The number of hydrogen-bond acceptors (Lipinski definition) is 6. The molecule has 1 aromatic heterocycles. The second kappa shape index (κ2) is 6.03. The van der Waals surface area contributed by atoms with Gasteiger partial charge in [-0.1, -0.05) is 19.1 Å². The standard InChI is InChI=1S/C15H16N2O4S2/c1-2-23(19,20)12-5-3-11(4-6-12)15(8-21-9-15)17-14(18)13-7-16-10-22-13/h3-7,10H,2,8-9H2,1H3,(H,17,18). The zero-order valence-corrected chi connectivity index (χ0v) is 14.1. The number of carbonyl (C=O) groups is 1. The van der Waals surface area contributed by atoms with Crippen molar-refractivity contribution in [3.63, 3.8) is 0 Å². The van der Waals surface area contributed by atoms with E-state index >= 15 is 0 Å². The Bertz CT molecular complexity index is 795. The van der Waals surface area contributed by atoms with Gasteiger partial charge in [-0.2, -0.15) is 0 Å². The fraction of sp³-hybridized carbons (Fsp3) is 0.333. The first-order valence-corrected chi connectivity index (χ1v) is 9.62. The van der Waals surface area contributed by atoms with E-state index in [4.69, 9.17) is 4.74 Å². The molecule has 0 saturated carbocycles. The molecule has 0 atom stereocenters. The van der Waals surface area contributed by atoms with E-state index in [9.17, 15) is 13.2 Å². The summed E-state index contributed by atoms with van der Waals surface area (Å²) < 4.78 is 29.0. The maximum absolute atomic E-state index is 12.3. The van der Waals surface area contributed by atoms with E-state index in [1.54, 1.807) is 36.7 Å². The van der Waals surface area contributed by atoms with E-state index in [1.807, 2.05) is 0 Å². The van der Waals surface area contributed by atoms with Crippen LogP contribution >= 0.6 is 11.3 Å². The molecule has 0 bridgehead atoms. The number of ether oxygens (including phenoxy) is 1. The molecule has 3 rings (SSSR count). The van der Waals surface area contributed by atoms with Gasteiger partial charge in [0.05, 0.1) is 35.6 Å². The predicted octanol–water partition coefficient (Wildman–Crippen LogP) is 1.59. The van der Waals surface area contributed by atoms with E-state index in [0.717, 1.165) is 5.56 Å². The summed E-state index contributed by atoms with van der Waals surface area (Å²) in [5, 5.41) is 2.98. The van der Waals surface area contributed by atoms with Gasteiger partial charge in [-0.3, -0.25) is 9.78 Å². The maximum Gasteiger partial charge on any atom is 0.263 e. The van der Waals surface area contributed by atoms with Gasteiger partial charge in [-0.05, 0) is 17.7 Å². The highest BCUT2D eigenvalue weighted by atomic mass is 32.2.